The Morgan fingerprint density at radius 1 is 1.31 bits per heavy atom. The van der Waals surface area contributed by atoms with Gasteiger partial charge in [0.1, 0.15) is 0 Å². The maximum absolute atomic E-state index is 10.8. The van der Waals surface area contributed by atoms with Gasteiger partial charge >= 0.3 is 5.97 Å². The minimum absolute atomic E-state index is 0.412. The summed E-state index contributed by atoms with van der Waals surface area (Å²) in [4.78, 5) is 10.8. The molecule has 0 bridgehead atoms. The molecule has 2 nitrogen and oxygen atoms in total. The lowest BCUT2D eigenvalue weighted by molar-refractivity contribution is 0.0696. The van der Waals surface area contributed by atoms with Gasteiger partial charge in [-0.1, -0.05) is 13.0 Å². The van der Waals surface area contributed by atoms with Gasteiger partial charge in [-0.2, -0.15) is 0 Å². The first-order chi connectivity index (χ1) is 6.07. The molecule has 13 heavy (non-hydrogen) atoms. The second-order valence-corrected chi connectivity index (χ2v) is 3.18. The van der Waals surface area contributed by atoms with Crippen LogP contribution in [0, 0.1) is 13.8 Å². The molecular weight excluding hydrogens is 164 g/mol. The summed E-state index contributed by atoms with van der Waals surface area (Å²) in [5.41, 5.74) is 3.62. The van der Waals surface area contributed by atoms with Crippen LogP contribution < -0.4 is 0 Å². The third kappa shape index (κ3) is 1.72. The van der Waals surface area contributed by atoms with Gasteiger partial charge in [0.05, 0.1) is 5.56 Å². The molecule has 70 valence electrons. The average Bonchev–Trinajstić information content (AvgIpc) is 2.09. The van der Waals surface area contributed by atoms with Crippen LogP contribution in [0.1, 0.15) is 34.0 Å². The van der Waals surface area contributed by atoms with Crippen LogP contribution in [0.5, 0.6) is 0 Å². The predicted molar refractivity (Wildman–Crippen MR) is 52.3 cm³/mol. The third-order valence-corrected chi connectivity index (χ3v) is 2.51. The summed E-state index contributed by atoms with van der Waals surface area (Å²) in [6.45, 7) is 5.90. The highest BCUT2D eigenvalue weighted by Gasteiger charge is 2.09. The Morgan fingerprint density at radius 3 is 2.38 bits per heavy atom. The van der Waals surface area contributed by atoms with E-state index < -0.39 is 5.97 Å². The van der Waals surface area contributed by atoms with Crippen molar-refractivity contribution in [2.24, 2.45) is 0 Å². The minimum atomic E-state index is -0.844. The fraction of sp³-hybridized carbons (Fsp3) is 0.364. The lowest BCUT2D eigenvalue weighted by atomic mass is 9.97. The Morgan fingerprint density at radius 2 is 1.92 bits per heavy atom. The highest BCUT2D eigenvalue weighted by atomic mass is 16.4. The van der Waals surface area contributed by atoms with Crippen LogP contribution >= 0.6 is 0 Å². The van der Waals surface area contributed by atoms with Crippen molar-refractivity contribution in [1.29, 1.82) is 0 Å². The van der Waals surface area contributed by atoms with Crippen molar-refractivity contribution < 1.29 is 9.90 Å². The zero-order chi connectivity index (χ0) is 10.0. The first-order valence-corrected chi connectivity index (χ1v) is 4.40. The zero-order valence-electron chi connectivity index (χ0n) is 8.22. The summed E-state index contributed by atoms with van der Waals surface area (Å²) in [5.74, 6) is -0.844. The Hall–Kier alpha value is -1.31. The maximum Gasteiger partial charge on any atom is 0.335 e. The summed E-state index contributed by atoms with van der Waals surface area (Å²) >= 11 is 0. The molecule has 1 aromatic rings. The zero-order valence-corrected chi connectivity index (χ0v) is 8.22. The van der Waals surface area contributed by atoms with E-state index in [1.807, 2.05) is 19.9 Å². The number of carboxylic acid groups (broad SMARTS) is 1. The van der Waals surface area contributed by atoms with Gasteiger partial charge in [-0.3, -0.25) is 0 Å². The molecule has 2 heteroatoms. The van der Waals surface area contributed by atoms with Crippen molar-refractivity contribution in [2.75, 3.05) is 0 Å². The number of hydrogen-bond acceptors (Lipinski definition) is 1. The molecule has 0 heterocycles. The molecule has 0 saturated heterocycles. The monoisotopic (exact) mass is 178 g/mol. The largest absolute Gasteiger partial charge is 0.478 e. The van der Waals surface area contributed by atoms with Gasteiger partial charge in [0, 0.05) is 0 Å². The number of carbonyl (C=O) groups is 1. The van der Waals surface area contributed by atoms with Crippen molar-refractivity contribution >= 4 is 5.97 Å². The Labute approximate surface area is 78.2 Å². The molecule has 0 saturated carbocycles. The summed E-state index contributed by atoms with van der Waals surface area (Å²) in [7, 11) is 0. The number of carboxylic acids is 1. The van der Waals surface area contributed by atoms with Gasteiger partial charge in [0.15, 0.2) is 0 Å². The lowest BCUT2D eigenvalue weighted by Gasteiger charge is -2.09. The summed E-state index contributed by atoms with van der Waals surface area (Å²) < 4.78 is 0. The van der Waals surface area contributed by atoms with Crippen molar-refractivity contribution in [3.63, 3.8) is 0 Å². The van der Waals surface area contributed by atoms with Crippen LogP contribution in [-0.2, 0) is 6.42 Å². The Bertz CT molecular complexity index is 340. The van der Waals surface area contributed by atoms with Crippen molar-refractivity contribution in [2.45, 2.75) is 27.2 Å². The van der Waals surface area contributed by atoms with Gasteiger partial charge in [-0.05, 0) is 43.0 Å². The Kier molecular flexibility index (Phi) is 2.71. The number of aromatic carboxylic acids is 1. The van der Waals surface area contributed by atoms with Crippen LogP contribution in [0.2, 0.25) is 0 Å². The van der Waals surface area contributed by atoms with E-state index in [4.69, 9.17) is 5.11 Å². The second-order valence-electron chi connectivity index (χ2n) is 3.18. The maximum atomic E-state index is 10.8. The predicted octanol–water partition coefficient (Wildman–Crippen LogP) is 2.56. The molecule has 1 N–H and O–H groups in total. The van der Waals surface area contributed by atoms with E-state index in [2.05, 4.69) is 6.92 Å². The molecule has 0 amide bonds. The molecule has 0 aliphatic carbocycles. The molecule has 0 unspecified atom stereocenters. The molecule has 0 aliphatic rings. The van der Waals surface area contributed by atoms with Crippen LogP contribution in [0.15, 0.2) is 12.1 Å². The average molecular weight is 178 g/mol. The van der Waals surface area contributed by atoms with Gasteiger partial charge < -0.3 is 5.11 Å². The van der Waals surface area contributed by atoms with Gasteiger partial charge in [0.25, 0.3) is 0 Å². The smallest absolute Gasteiger partial charge is 0.335 e. The van der Waals surface area contributed by atoms with Crippen LogP contribution in [0.3, 0.4) is 0 Å². The first kappa shape index (κ1) is 9.78. The molecule has 0 radical (unpaired) electrons. The van der Waals surface area contributed by atoms with E-state index in [1.54, 1.807) is 6.07 Å². The SMILES string of the molecule is CCc1ccc(C(=O)O)c(C)c1C. The molecule has 1 rings (SSSR count). The van der Waals surface area contributed by atoms with E-state index in [0.29, 0.717) is 5.56 Å². The fourth-order valence-corrected chi connectivity index (χ4v) is 1.49. The number of rotatable bonds is 2. The highest BCUT2D eigenvalue weighted by Crippen LogP contribution is 2.18. The van der Waals surface area contributed by atoms with Gasteiger partial charge in [0.2, 0.25) is 0 Å². The fourth-order valence-electron chi connectivity index (χ4n) is 1.49. The van der Waals surface area contributed by atoms with E-state index in [9.17, 15) is 4.79 Å². The van der Waals surface area contributed by atoms with Crippen molar-refractivity contribution in [1.82, 2.24) is 0 Å². The quantitative estimate of drug-likeness (QED) is 0.755. The van der Waals surface area contributed by atoms with E-state index in [-0.39, 0.29) is 0 Å². The van der Waals surface area contributed by atoms with Crippen molar-refractivity contribution in [3.05, 3.63) is 34.4 Å². The highest BCUT2D eigenvalue weighted by molar-refractivity contribution is 5.89. The molecular formula is C11H14O2. The number of hydrogen-bond donors (Lipinski definition) is 1. The molecule has 0 aromatic heterocycles. The summed E-state index contributed by atoms with van der Waals surface area (Å²) in [5, 5.41) is 8.85. The van der Waals surface area contributed by atoms with Gasteiger partial charge in [-0.25, -0.2) is 4.79 Å². The van der Waals surface area contributed by atoms with E-state index in [1.165, 1.54) is 5.56 Å². The number of aryl methyl sites for hydroxylation is 1. The molecule has 1 aromatic carbocycles. The van der Waals surface area contributed by atoms with E-state index in [0.717, 1.165) is 17.5 Å². The normalized spacial score (nSPS) is 10.1. The second kappa shape index (κ2) is 3.60. The van der Waals surface area contributed by atoms with E-state index >= 15 is 0 Å². The standard InChI is InChI=1S/C11H14O2/c1-4-9-5-6-10(11(12)13)8(3)7(9)2/h5-6H,4H2,1-3H3,(H,12,13). The molecule has 0 atom stereocenters. The summed E-state index contributed by atoms with van der Waals surface area (Å²) in [6.07, 6.45) is 0.951. The van der Waals surface area contributed by atoms with Gasteiger partial charge in [-0.15, -0.1) is 0 Å². The van der Waals surface area contributed by atoms with Crippen LogP contribution in [0.4, 0.5) is 0 Å². The Balaban J connectivity index is 3.31. The van der Waals surface area contributed by atoms with Crippen LogP contribution in [0.25, 0.3) is 0 Å². The van der Waals surface area contributed by atoms with Crippen LogP contribution in [-0.4, -0.2) is 11.1 Å². The van der Waals surface area contributed by atoms with Crippen molar-refractivity contribution in [3.8, 4) is 0 Å². The molecule has 0 fully saturated rings. The molecule has 0 aliphatic heterocycles. The first-order valence-electron chi connectivity index (χ1n) is 4.40. The molecule has 0 spiro atoms. The lowest BCUT2D eigenvalue weighted by Crippen LogP contribution is -2.03. The topological polar surface area (TPSA) is 37.3 Å². The minimum Gasteiger partial charge on any atom is -0.478 e. The third-order valence-electron chi connectivity index (χ3n) is 2.51. The summed E-state index contributed by atoms with van der Waals surface area (Å²) in [6, 6.07) is 3.58. The number of benzene rings is 1.